The number of aryl methyl sites for hydroxylation is 1. The molecule has 2 nitrogen and oxygen atoms in total. The van der Waals surface area contributed by atoms with Gasteiger partial charge in [0.2, 0.25) is 6.04 Å². The third-order valence-electron chi connectivity index (χ3n) is 3.86. The minimum Gasteiger partial charge on any atom is -0.497 e. The van der Waals surface area contributed by atoms with Gasteiger partial charge in [-0.3, -0.25) is 0 Å². The van der Waals surface area contributed by atoms with E-state index in [0.29, 0.717) is 0 Å². The molecule has 1 unspecified atom stereocenters. The van der Waals surface area contributed by atoms with Gasteiger partial charge in [-0.15, -0.1) is 0 Å². The van der Waals surface area contributed by atoms with Crippen molar-refractivity contribution < 1.29 is 9.30 Å². The summed E-state index contributed by atoms with van der Waals surface area (Å²) in [6, 6.07) is 23.3. The van der Waals surface area contributed by atoms with E-state index >= 15 is 0 Å². The lowest BCUT2D eigenvalue weighted by atomic mass is 9.97. The Hall–Kier alpha value is -2.61. The van der Waals surface area contributed by atoms with Crippen LogP contribution >= 0.6 is 0 Å². The summed E-state index contributed by atoms with van der Waals surface area (Å²) in [6.45, 7) is 2.11. The van der Waals surface area contributed by atoms with Gasteiger partial charge in [-0.2, -0.15) is 4.57 Å². The first-order chi connectivity index (χ1) is 10.8. The molecule has 0 fully saturated rings. The summed E-state index contributed by atoms with van der Waals surface area (Å²) in [5.41, 5.74) is 3.78. The second-order valence-electron chi connectivity index (χ2n) is 5.41. The third-order valence-corrected chi connectivity index (χ3v) is 3.86. The topological polar surface area (TPSA) is 13.1 Å². The van der Waals surface area contributed by atoms with Crippen molar-refractivity contribution in [2.45, 2.75) is 13.0 Å². The van der Waals surface area contributed by atoms with Gasteiger partial charge in [0.25, 0.3) is 0 Å². The Morgan fingerprint density at radius 3 is 1.86 bits per heavy atom. The highest BCUT2D eigenvalue weighted by Crippen LogP contribution is 2.24. The van der Waals surface area contributed by atoms with E-state index in [0.717, 1.165) is 5.75 Å². The molecule has 0 saturated carbocycles. The Morgan fingerprint density at radius 1 is 0.773 bits per heavy atom. The molecular weight excluding hydrogens is 270 g/mol. The fraction of sp³-hybridized carbons (Fsp3) is 0.150. The van der Waals surface area contributed by atoms with Gasteiger partial charge in [0.15, 0.2) is 12.4 Å². The van der Waals surface area contributed by atoms with Gasteiger partial charge in [0.05, 0.1) is 7.11 Å². The summed E-state index contributed by atoms with van der Waals surface area (Å²) in [7, 11) is 1.69. The first kappa shape index (κ1) is 14.3. The van der Waals surface area contributed by atoms with Gasteiger partial charge >= 0.3 is 0 Å². The van der Waals surface area contributed by atoms with Crippen molar-refractivity contribution in [1.82, 2.24) is 0 Å². The second kappa shape index (κ2) is 6.44. The summed E-state index contributed by atoms with van der Waals surface area (Å²) in [6.07, 6.45) is 4.21. The Morgan fingerprint density at radius 2 is 1.32 bits per heavy atom. The number of aromatic nitrogens is 1. The van der Waals surface area contributed by atoms with Gasteiger partial charge in [-0.1, -0.05) is 35.9 Å². The summed E-state index contributed by atoms with van der Waals surface area (Å²) < 4.78 is 7.50. The zero-order valence-corrected chi connectivity index (χ0v) is 12.9. The summed E-state index contributed by atoms with van der Waals surface area (Å²) in [5.74, 6) is 0.879. The summed E-state index contributed by atoms with van der Waals surface area (Å²) in [4.78, 5) is 0. The van der Waals surface area contributed by atoms with Crippen LogP contribution in [-0.2, 0) is 0 Å². The van der Waals surface area contributed by atoms with Crippen LogP contribution in [0.25, 0.3) is 0 Å². The fourth-order valence-electron chi connectivity index (χ4n) is 2.66. The molecule has 3 rings (SSSR count). The molecule has 0 spiro atoms. The first-order valence-electron chi connectivity index (χ1n) is 7.44. The standard InChI is InChI=1S/C20H20NO/c1-16-6-8-17(9-7-16)20(21-14-4-3-5-15-21)18-10-12-19(22-2)13-11-18/h3-15,20H,1-2H3/q+1. The third kappa shape index (κ3) is 3.01. The van der Waals surface area contributed by atoms with E-state index < -0.39 is 0 Å². The van der Waals surface area contributed by atoms with Gasteiger partial charge in [-0.25, -0.2) is 0 Å². The minimum absolute atomic E-state index is 0.160. The molecule has 2 aromatic carbocycles. The van der Waals surface area contributed by atoms with Crippen LogP contribution in [-0.4, -0.2) is 7.11 Å². The molecule has 0 aliphatic rings. The van der Waals surface area contributed by atoms with Crippen molar-refractivity contribution in [3.8, 4) is 5.75 Å². The van der Waals surface area contributed by atoms with Crippen molar-refractivity contribution in [3.05, 3.63) is 95.8 Å². The molecule has 0 aliphatic heterocycles. The highest BCUT2D eigenvalue weighted by molar-refractivity contribution is 5.35. The van der Waals surface area contributed by atoms with Crippen LogP contribution < -0.4 is 9.30 Å². The van der Waals surface area contributed by atoms with Crippen LogP contribution in [0.2, 0.25) is 0 Å². The van der Waals surface area contributed by atoms with Crippen LogP contribution in [0.15, 0.2) is 79.1 Å². The van der Waals surface area contributed by atoms with E-state index in [1.165, 1.54) is 16.7 Å². The average Bonchev–Trinajstić information content (AvgIpc) is 2.58. The summed E-state index contributed by atoms with van der Waals surface area (Å²) >= 11 is 0. The van der Waals surface area contributed by atoms with Gasteiger partial charge in [0, 0.05) is 23.3 Å². The number of nitrogens with zero attached hydrogens (tertiary/aromatic N) is 1. The smallest absolute Gasteiger partial charge is 0.208 e. The quantitative estimate of drug-likeness (QED) is 0.664. The lowest BCUT2D eigenvalue weighted by molar-refractivity contribution is -0.704. The van der Waals surface area contributed by atoms with Crippen molar-refractivity contribution in [2.24, 2.45) is 0 Å². The molecule has 1 aromatic heterocycles. The maximum atomic E-state index is 5.27. The predicted molar refractivity (Wildman–Crippen MR) is 88.1 cm³/mol. The van der Waals surface area contributed by atoms with Gasteiger partial charge in [-0.05, 0) is 31.2 Å². The maximum Gasteiger partial charge on any atom is 0.208 e. The minimum atomic E-state index is 0.160. The first-order valence-corrected chi connectivity index (χ1v) is 7.44. The Bertz CT molecular complexity index is 718. The largest absolute Gasteiger partial charge is 0.497 e. The number of methoxy groups -OCH3 is 1. The number of hydrogen-bond donors (Lipinski definition) is 0. The van der Waals surface area contributed by atoms with Crippen molar-refractivity contribution in [2.75, 3.05) is 7.11 Å². The Balaban J connectivity index is 2.07. The van der Waals surface area contributed by atoms with Crippen molar-refractivity contribution in [1.29, 1.82) is 0 Å². The molecule has 0 saturated heterocycles. The molecule has 2 heteroatoms. The molecule has 22 heavy (non-hydrogen) atoms. The fourth-order valence-corrected chi connectivity index (χ4v) is 2.66. The monoisotopic (exact) mass is 290 g/mol. The molecule has 1 heterocycles. The molecule has 0 amide bonds. The average molecular weight is 290 g/mol. The van der Waals surface area contributed by atoms with E-state index in [2.05, 4.69) is 72.4 Å². The number of benzene rings is 2. The second-order valence-corrected chi connectivity index (χ2v) is 5.41. The maximum absolute atomic E-state index is 5.27. The van der Waals surface area contributed by atoms with Gasteiger partial charge in [0.1, 0.15) is 5.75 Å². The Kier molecular flexibility index (Phi) is 4.19. The van der Waals surface area contributed by atoms with Crippen LogP contribution in [0.4, 0.5) is 0 Å². The summed E-state index contributed by atoms with van der Waals surface area (Å²) in [5, 5.41) is 0. The van der Waals surface area contributed by atoms with Crippen LogP contribution in [0, 0.1) is 6.92 Å². The molecule has 0 bridgehead atoms. The number of hydrogen-bond acceptors (Lipinski definition) is 1. The Labute approximate surface area is 131 Å². The number of ether oxygens (including phenoxy) is 1. The van der Waals surface area contributed by atoms with E-state index in [4.69, 9.17) is 4.74 Å². The molecule has 0 N–H and O–H groups in total. The van der Waals surface area contributed by atoms with E-state index in [1.807, 2.05) is 18.2 Å². The number of rotatable bonds is 4. The van der Waals surface area contributed by atoms with Crippen LogP contribution in [0.1, 0.15) is 22.7 Å². The zero-order valence-electron chi connectivity index (χ0n) is 12.9. The van der Waals surface area contributed by atoms with Crippen LogP contribution in [0.3, 0.4) is 0 Å². The van der Waals surface area contributed by atoms with E-state index in [1.54, 1.807) is 7.11 Å². The van der Waals surface area contributed by atoms with Gasteiger partial charge < -0.3 is 4.74 Å². The predicted octanol–water partition coefficient (Wildman–Crippen LogP) is 3.93. The molecule has 1 atom stereocenters. The normalized spacial score (nSPS) is 11.9. The molecule has 110 valence electrons. The SMILES string of the molecule is COc1ccc(C(c2ccc(C)cc2)[n+]2ccccc2)cc1. The van der Waals surface area contributed by atoms with Crippen LogP contribution in [0.5, 0.6) is 5.75 Å². The lowest BCUT2D eigenvalue weighted by Gasteiger charge is -2.14. The highest BCUT2D eigenvalue weighted by Gasteiger charge is 2.22. The van der Waals surface area contributed by atoms with E-state index in [9.17, 15) is 0 Å². The van der Waals surface area contributed by atoms with E-state index in [-0.39, 0.29) is 6.04 Å². The molecule has 0 radical (unpaired) electrons. The molecule has 3 aromatic rings. The number of pyridine rings is 1. The van der Waals surface area contributed by atoms with Crippen molar-refractivity contribution >= 4 is 0 Å². The van der Waals surface area contributed by atoms with Crippen molar-refractivity contribution in [3.63, 3.8) is 0 Å². The zero-order chi connectivity index (χ0) is 15.4. The highest BCUT2D eigenvalue weighted by atomic mass is 16.5. The molecular formula is C20H20NO+. The molecule has 0 aliphatic carbocycles. The lowest BCUT2D eigenvalue weighted by Crippen LogP contribution is -2.39.